The molecule has 0 saturated carbocycles. The second kappa shape index (κ2) is 4.53. The van der Waals surface area contributed by atoms with Crippen LogP contribution >= 0.6 is 0 Å². The topological polar surface area (TPSA) is 0 Å². The minimum atomic E-state index is -4.20. The van der Waals surface area contributed by atoms with Crippen LogP contribution in [0.3, 0.4) is 0 Å². The first-order valence-corrected chi connectivity index (χ1v) is 4.09. The molecular formula is C9H15F3. The maximum atomic E-state index is 11.9. The molecule has 0 spiro atoms. The second-order valence-corrected chi connectivity index (χ2v) is 3.39. The van der Waals surface area contributed by atoms with Gasteiger partial charge in [-0.05, 0) is 18.8 Å². The number of allylic oxidation sites excluding steroid dienone is 1. The molecule has 0 aromatic heterocycles. The zero-order valence-electron chi connectivity index (χ0n) is 7.54. The maximum absolute atomic E-state index is 11.9. The summed E-state index contributed by atoms with van der Waals surface area (Å²) < 4.78 is 35.6. The Labute approximate surface area is 71.5 Å². The molecule has 0 radical (unpaired) electrons. The molecule has 0 saturated heterocycles. The fourth-order valence-corrected chi connectivity index (χ4v) is 0.865. The largest absolute Gasteiger partial charge is 0.412 e. The van der Waals surface area contributed by atoms with Crippen molar-refractivity contribution in [1.29, 1.82) is 0 Å². The molecule has 0 bridgehead atoms. The SMILES string of the molecule is C=C(CCCC(C)C)C(F)(F)F. The summed E-state index contributed by atoms with van der Waals surface area (Å²) in [6, 6.07) is 0. The van der Waals surface area contributed by atoms with E-state index >= 15 is 0 Å². The smallest absolute Gasteiger partial charge is 0.167 e. The molecule has 0 aliphatic rings. The van der Waals surface area contributed by atoms with Gasteiger partial charge in [-0.1, -0.05) is 26.8 Å². The summed E-state index contributed by atoms with van der Waals surface area (Å²) in [6.07, 6.45) is -2.72. The zero-order chi connectivity index (χ0) is 9.78. The third-order valence-corrected chi connectivity index (χ3v) is 1.66. The summed E-state index contributed by atoms with van der Waals surface area (Å²) in [6.45, 7) is 6.99. The quantitative estimate of drug-likeness (QED) is 0.575. The van der Waals surface area contributed by atoms with Crippen LogP contribution in [0, 0.1) is 5.92 Å². The molecular weight excluding hydrogens is 165 g/mol. The fourth-order valence-electron chi connectivity index (χ4n) is 0.865. The third kappa shape index (κ3) is 5.22. The summed E-state index contributed by atoms with van der Waals surface area (Å²) in [5, 5.41) is 0. The van der Waals surface area contributed by atoms with Crippen molar-refractivity contribution in [3.8, 4) is 0 Å². The Hall–Kier alpha value is -0.470. The van der Waals surface area contributed by atoms with Gasteiger partial charge in [0.2, 0.25) is 0 Å². The van der Waals surface area contributed by atoms with Crippen LogP contribution in [0.15, 0.2) is 12.2 Å². The predicted octanol–water partition coefficient (Wildman–Crippen LogP) is 3.93. The average molecular weight is 180 g/mol. The van der Waals surface area contributed by atoms with Crippen LogP contribution in [0.5, 0.6) is 0 Å². The van der Waals surface area contributed by atoms with Crippen LogP contribution in [0.25, 0.3) is 0 Å². The highest BCUT2D eigenvalue weighted by atomic mass is 19.4. The number of rotatable bonds is 4. The van der Waals surface area contributed by atoms with Crippen molar-refractivity contribution in [2.45, 2.75) is 39.3 Å². The lowest BCUT2D eigenvalue weighted by atomic mass is 10.0. The van der Waals surface area contributed by atoms with Crippen molar-refractivity contribution < 1.29 is 13.2 Å². The van der Waals surface area contributed by atoms with E-state index < -0.39 is 11.7 Å². The Bertz CT molecular complexity index is 144. The van der Waals surface area contributed by atoms with Crippen molar-refractivity contribution in [2.75, 3.05) is 0 Å². The van der Waals surface area contributed by atoms with E-state index in [1.807, 2.05) is 13.8 Å². The van der Waals surface area contributed by atoms with Crippen LogP contribution in [0.2, 0.25) is 0 Å². The Balaban J connectivity index is 3.59. The lowest BCUT2D eigenvalue weighted by Crippen LogP contribution is -2.10. The van der Waals surface area contributed by atoms with E-state index in [0.717, 1.165) is 6.42 Å². The van der Waals surface area contributed by atoms with E-state index in [1.54, 1.807) is 0 Å². The number of halogens is 3. The normalized spacial score (nSPS) is 12.2. The van der Waals surface area contributed by atoms with Crippen molar-refractivity contribution in [3.63, 3.8) is 0 Å². The van der Waals surface area contributed by atoms with Crippen molar-refractivity contribution in [3.05, 3.63) is 12.2 Å². The molecule has 0 fully saturated rings. The molecule has 0 unspecified atom stereocenters. The van der Waals surface area contributed by atoms with E-state index in [4.69, 9.17) is 0 Å². The Morgan fingerprint density at radius 1 is 1.33 bits per heavy atom. The Morgan fingerprint density at radius 3 is 2.17 bits per heavy atom. The van der Waals surface area contributed by atoms with Crippen LogP contribution in [0.1, 0.15) is 33.1 Å². The van der Waals surface area contributed by atoms with Crippen molar-refractivity contribution in [1.82, 2.24) is 0 Å². The molecule has 0 aromatic rings. The molecule has 0 amide bonds. The molecule has 0 rings (SSSR count). The molecule has 0 aromatic carbocycles. The fraction of sp³-hybridized carbons (Fsp3) is 0.778. The van der Waals surface area contributed by atoms with Gasteiger partial charge < -0.3 is 0 Å². The Kier molecular flexibility index (Phi) is 4.35. The van der Waals surface area contributed by atoms with Gasteiger partial charge in [0.1, 0.15) is 0 Å². The first-order valence-electron chi connectivity index (χ1n) is 4.09. The van der Waals surface area contributed by atoms with E-state index in [-0.39, 0.29) is 6.42 Å². The number of hydrogen-bond donors (Lipinski definition) is 0. The van der Waals surface area contributed by atoms with E-state index in [2.05, 4.69) is 6.58 Å². The Morgan fingerprint density at radius 2 is 1.83 bits per heavy atom. The van der Waals surface area contributed by atoms with E-state index in [1.165, 1.54) is 0 Å². The summed E-state index contributed by atoms with van der Waals surface area (Å²) in [4.78, 5) is 0. The summed E-state index contributed by atoms with van der Waals surface area (Å²) >= 11 is 0. The van der Waals surface area contributed by atoms with E-state index in [9.17, 15) is 13.2 Å². The number of hydrogen-bond acceptors (Lipinski definition) is 0. The lowest BCUT2D eigenvalue weighted by Gasteiger charge is -2.10. The van der Waals surface area contributed by atoms with Gasteiger partial charge in [-0.3, -0.25) is 0 Å². The van der Waals surface area contributed by atoms with Gasteiger partial charge in [-0.15, -0.1) is 0 Å². The first kappa shape index (κ1) is 11.5. The number of alkyl halides is 3. The van der Waals surface area contributed by atoms with Gasteiger partial charge in [0.05, 0.1) is 0 Å². The van der Waals surface area contributed by atoms with Gasteiger partial charge >= 0.3 is 6.18 Å². The molecule has 0 nitrogen and oxygen atoms in total. The average Bonchev–Trinajstić information content (AvgIpc) is 1.84. The standard InChI is InChI=1S/C9H15F3/c1-7(2)5-4-6-8(3)9(10,11)12/h7H,3-6H2,1-2H3. The first-order chi connectivity index (χ1) is 5.34. The van der Waals surface area contributed by atoms with Crippen molar-refractivity contribution >= 4 is 0 Å². The van der Waals surface area contributed by atoms with Crippen molar-refractivity contribution in [2.24, 2.45) is 5.92 Å². The predicted molar refractivity (Wildman–Crippen MR) is 43.9 cm³/mol. The molecule has 0 aliphatic carbocycles. The maximum Gasteiger partial charge on any atom is 0.412 e. The third-order valence-electron chi connectivity index (χ3n) is 1.66. The van der Waals surface area contributed by atoms with Crippen LogP contribution < -0.4 is 0 Å². The highest BCUT2D eigenvalue weighted by Gasteiger charge is 2.30. The highest BCUT2D eigenvalue weighted by molar-refractivity contribution is 5.01. The monoisotopic (exact) mass is 180 g/mol. The summed E-state index contributed by atoms with van der Waals surface area (Å²) in [7, 11) is 0. The molecule has 3 heteroatoms. The van der Waals surface area contributed by atoms with Gasteiger partial charge in [0.25, 0.3) is 0 Å². The summed E-state index contributed by atoms with van der Waals surface area (Å²) in [5.41, 5.74) is -0.608. The molecule has 12 heavy (non-hydrogen) atoms. The lowest BCUT2D eigenvalue weighted by molar-refractivity contribution is -0.0937. The molecule has 0 heterocycles. The molecule has 0 aliphatic heterocycles. The molecule has 0 atom stereocenters. The highest BCUT2D eigenvalue weighted by Crippen LogP contribution is 2.28. The van der Waals surface area contributed by atoms with Gasteiger partial charge in [-0.25, -0.2) is 0 Å². The van der Waals surface area contributed by atoms with Crippen LogP contribution in [0.4, 0.5) is 13.2 Å². The van der Waals surface area contributed by atoms with Gasteiger partial charge in [-0.2, -0.15) is 13.2 Å². The van der Waals surface area contributed by atoms with Gasteiger partial charge in [0, 0.05) is 5.57 Å². The minimum Gasteiger partial charge on any atom is -0.167 e. The van der Waals surface area contributed by atoms with Crippen LogP contribution in [-0.2, 0) is 0 Å². The minimum absolute atomic E-state index is 0.0711. The summed E-state index contributed by atoms with van der Waals surface area (Å²) in [5.74, 6) is 0.464. The van der Waals surface area contributed by atoms with E-state index in [0.29, 0.717) is 12.3 Å². The van der Waals surface area contributed by atoms with Crippen LogP contribution in [-0.4, -0.2) is 6.18 Å². The molecule has 72 valence electrons. The van der Waals surface area contributed by atoms with Gasteiger partial charge in [0.15, 0.2) is 0 Å². The zero-order valence-corrected chi connectivity index (χ0v) is 7.54. The molecule has 0 N–H and O–H groups in total. The second-order valence-electron chi connectivity index (χ2n) is 3.39.